The second-order valence-corrected chi connectivity index (χ2v) is 10.5. The summed E-state index contributed by atoms with van der Waals surface area (Å²) >= 11 is 0. The normalized spacial score (nSPS) is 10.8. The van der Waals surface area contributed by atoms with E-state index in [9.17, 15) is 0 Å². The molecule has 0 amide bonds. The third-order valence-corrected chi connectivity index (χ3v) is 7.52. The first kappa shape index (κ1) is 28.7. The molecule has 0 aliphatic carbocycles. The Kier molecular flexibility index (Phi) is 8.93. The first-order valence-corrected chi connectivity index (χ1v) is 14.6. The Labute approximate surface area is 258 Å². The molecule has 0 spiro atoms. The average molecular weight is 582 g/mol. The zero-order chi connectivity index (χ0) is 30.1. The molecule has 5 aromatic carbocycles. The van der Waals surface area contributed by atoms with Crippen molar-refractivity contribution in [3.63, 3.8) is 0 Å². The zero-order valence-corrected chi connectivity index (χ0v) is 25.0. The average Bonchev–Trinajstić information content (AvgIpc) is 3.51. The highest BCUT2D eigenvalue weighted by Crippen LogP contribution is 2.36. The molecule has 6 aromatic rings. The molecular weight excluding hydrogens is 546 g/mol. The molecule has 0 saturated carbocycles. The summed E-state index contributed by atoms with van der Waals surface area (Å²) < 4.78 is 25.3. The van der Waals surface area contributed by atoms with Crippen molar-refractivity contribution < 1.29 is 18.9 Å². The van der Waals surface area contributed by atoms with Gasteiger partial charge in [-0.15, -0.1) is 0 Å². The van der Waals surface area contributed by atoms with Gasteiger partial charge in [-0.3, -0.25) is 0 Å². The molecule has 1 aromatic heterocycles. The van der Waals surface area contributed by atoms with Crippen LogP contribution in [0, 0.1) is 0 Å². The molecular formula is C39H35NO4. The highest BCUT2D eigenvalue weighted by molar-refractivity contribution is 5.83. The minimum absolute atomic E-state index is 0.534. The standard InChI is InChI=1S/C39H35NO4/c1-41-38-22-13-31(23-39(38)42-2)24-40-25-36(32-14-18-34(19-15-32)43-27-29-9-5-3-6-10-29)37(26-40)33-16-20-35(21-17-33)44-28-30-11-7-4-8-12-30/h3-23,25-26H,24,27-28H2,1-2H3. The van der Waals surface area contributed by atoms with E-state index in [1.165, 1.54) is 0 Å². The maximum absolute atomic E-state index is 6.05. The molecule has 44 heavy (non-hydrogen) atoms. The fourth-order valence-electron chi connectivity index (χ4n) is 5.19. The summed E-state index contributed by atoms with van der Waals surface area (Å²) in [6.07, 6.45) is 4.40. The van der Waals surface area contributed by atoms with Crippen LogP contribution >= 0.6 is 0 Å². The molecule has 0 aliphatic heterocycles. The van der Waals surface area contributed by atoms with Gasteiger partial charge in [0.1, 0.15) is 24.7 Å². The molecule has 0 bridgehead atoms. The largest absolute Gasteiger partial charge is 0.493 e. The number of nitrogens with zero attached hydrogens (tertiary/aromatic N) is 1. The van der Waals surface area contributed by atoms with E-state index < -0.39 is 0 Å². The van der Waals surface area contributed by atoms with Crippen molar-refractivity contribution in [2.45, 2.75) is 19.8 Å². The predicted molar refractivity (Wildman–Crippen MR) is 175 cm³/mol. The molecule has 1 heterocycles. The number of aromatic nitrogens is 1. The van der Waals surface area contributed by atoms with E-state index in [2.05, 4.69) is 71.6 Å². The molecule has 0 fully saturated rings. The van der Waals surface area contributed by atoms with Gasteiger partial charge < -0.3 is 23.5 Å². The lowest BCUT2D eigenvalue weighted by Gasteiger charge is -2.10. The van der Waals surface area contributed by atoms with Gasteiger partial charge in [-0.1, -0.05) is 91.0 Å². The van der Waals surface area contributed by atoms with Crippen LogP contribution in [-0.2, 0) is 19.8 Å². The van der Waals surface area contributed by atoms with E-state index in [4.69, 9.17) is 18.9 Å². The van der Waals surface area contributed by atoms with E-state index in [0.717, 1.165) is 56.2 Å². The van der Waals surface area contributed by atoms with Crippen molar-refractivity contribution in [2.24, 2.45) is 0 Å². The third-order valence-electron chi connectivity index (χ3n) is 7.52. The van der Waals surface area contributed by atoms with E-state index in [-0.39, 0.29) is 0 Å². The zero-order valence-electron chi connectivity index (χ0n) is 25.0. The van der Waals surface area contributed by atoms with Crippen LogP contribution in [0.5, 0.6) is 23.0 Å². The number of rotatable bonds is 12. The molecule has 5 nitrogen and oxygen atoms in total. The van der Waals surface area contributed by atoms with Crippen LogP contribution in [0.25, 0.3) is 22.3 Å². The third kappa shape index (κ3) is 6.96. The van der Waals surface area contributed by atoms with Gasteiger partial charge in [0.15, 0.2) is 11.5 Å². The lowest BCUT2D eigenvalue weighted by Crippen LogP contribution is -1.98. The molecule has 0 unspecified atom stereocenters. The Morgan fingerprint density at radius 2 is 0.955 bits per heavy atom. The van der Waals surface area contributed by atoms with Crippen LogP contribution < -0.4 is 18.9 Å². The molecule has 0 N–H and O–H groups in total. The molecule has 6 rings (SSSR count). The van der Waals surface area contributed by atoms with Gasteiger partial charge in [-0.2, -0.15) is 0 Å². The molecule has 0 aliphatic rings. The summed E-state index contributed by atoms with van der Waals surface area (Å²) in [5.41, 5.74) is 7.90. The van der Waals surface area contributed by atoms with E-state index in [1.54, 1.807) is 14.2 Å². The molecule has 220 valence electrons. The van der Waals surface area contributed by atoms with Crippen LogP contribution in [0.1, 0.15) is 16.7 Å². The fourth-order valence-corrected chi connectivity index (χ4v) is 5.19. The lowest BCUT2D eigenvalue weighted by atomic mass is 9.99. The monoisotopic (exact) mass is 581 g/mol. The smallest absolute Gasteiger partial charge is 0.161 e. The quantitative estimate of drug-likeness (QED) is 0.145. The van der Waals surface area contributed by atoms with E-state index >= 15 is 0 Å². The van der Waals surface area contributed by atoms with Crippen LogP contribution in [0.4, 0.5) is 0 Å². The van der Waals surface area contributed by atoms with Crippen LogP contribution in [-0.4, -0.2) is 18.8 Å². The molecule has 0 saturated heterocycles. The van der Waals surface area contributed by atoms with Crippen LogP contribution in [0.2, 0.25) is 0 Å². The van der Waals surface area contributed by atoms with Gasteiger partial charge in [0, 0.05) is 30.1 Å². The Morgan fingerprint density at radius 3 is 1.41 bits per heavy atom. The number of methoxy groups -OCH3 is 2. The lowest BCUT2D eigenvalue weighted by molar-refractivity contribution is 0.306. The van der Waals surface area contributed by atoms with Crippen molar-refractivity contribution >= 4 is 0 Å². The van der Waals surface area contributed by atoms with Crippen LogP contribution in [0.3, 0.4) is 0 Å². The highest BCUT2D eigenvalue weighted by atomic mass is 16.5. The number of hydrogen-bond acceptors (Lipinski definition) is 4. The van der Waals surface area contributed by atoms with Crippen molar-refractivity contribution in [2.75, 3.05) is 14.2 Å². The predicted octanol–water partition coefficient (Wildman–Crippen LogP) is 9.05. The first-order valence-electron chi connectivity index (χ1n) is 14.6. The number of ether oxygens (including phenoxy) is 4. The van der Waals surface area contributed by atoms with E-state index in [1.807, 2.05) is 72.8 Å². The summed E-state index contributed by atoms with van der Waals surface area (Å²) in [4.78, 5) is 0. The van der Waals surface area contributed by atoms with Gasteiger partial charge in [-0.05, 0) is 64.2 Å². The van der Waals surface area contributed by atoms with Crippen LogP contribution in [0.15, 0.2) is 140 Å². The SMILES string of the molecule is COc1ccc(Cn2cc(-c3ccc(OCc4ccccc4)cc3)c(-c3ccc(OCc4ccccc4)cc3)c2)cc1OC. The summed E-state index contributed by atoms with van der Waals surface area (Å²) in [6, 6.07) is 43.1. The fraction of sp³-hybridized carbons (Fsp3) is 0.128. The Bertz CT molecular complexity index is 1670. The molecule has 5 heteroatoms. The van der Waals surface area contributed by atoms with Gasteiger partial charge in [-0.25, -0.2) is 0 Å². The van der Waals surface area contributed by atoms with Crippen molar-refractivity contribution in [3.05, 3.63) is 156 Å². The van der Waals surface area contributed by atoms with Gasteiger partial charge in [0.05, 0.1) is 14.2 Å². The minimum atomic E-state index is 0.534. The number of hydrogen-bond donors (Lipinski definition) is 0. The van der Waals surface area contributed by atoms with Gasteiger partial charge in [0.25, 0.3) is 0 Å². The highest BCUT2D eigenvalue weighted by Gasteiger charge is 2.14. The maximum Gasteiger partial charge on any atom is 0.161 e. The Hall–Kier alpha value is -5.42. The summed E-state index contributed by atoms with van der Waals surface area (Å²) in [5.74, 6) is 3.11. The topological polar surface area (TPSA) is 41.9 Å². The van der Waals surface area contributed by atoms with Gasteiger partial charge >= 0.3 is 0 Å². The second kappa shape index (κ2) is 13.7. The Morgan fingerprint density at radius 1 is 0.477 bits per heavy atom. The second-order valence-electron chi connectivity index (χ2n) is 10.5. The van der Waals surface area contributed by atoms with Crippen molar-refractivity contribution in [1.29, 1.82) is 0 Å². The summed E-state index contributed by atoms with van der Waals surface area (Å²) in [7, 11) is 3.31. The molecule has 0 radical (unpaired) electrons. The number of benzene rings is 5. The summed E-state index contributed by atoms with van der Waals surface area (Å²) in [5, 5.41) is 0. The molecule has 0 atom stereocenters. The summed E-state index contributed by atoms with van der Waals surface area (Å²) in [6.45, 7) is 1.75. The first-order chi connectivity index (χ1) is 21.7. The minimum Gasteiger partial charge on any atom is -0.493 e. The van der Waals surface area contributed by atoms with E-state index in [0.29, 0.717) is 25.5 Å². The van der Waals surface area contributed by atoms with Gasteiger partial charge in [0.2, 0.25) is 0 Å². The van der Waals surface area contributed by atoms with Crippen molar-refractivity contribution in [1.82, 2.24) is 4.57 Å². The maximum atomic E-state index is 6.05. The van der Waals surface area contributed by atoms with Crippen molar-refractivity contribution in [3.8, 4) is 45.3 Å². The Balaban J connectivity index is 1.26.